The Kier molecular flexibility index (Phi) is 6.84. The summed E-state index contributed by atoms with van der Waals surface area (Å²) in [7, 11) is 0. The number of anilines is 1. The largest absolute Gasteiger partial charge is 0.478 e. The molecule has 0 aliphatic heterocycles. The van der Waals surface area contributed by atoms with Gasteiger partial charge in [0.05, 0.1) is 10.6 Å². The highest BCUT2D eigenvalue weighted by molar-refractivity contribution is 6.33. The third-order valence-corrected chi connectivity index (χ3v) is 6.01. The van der Waals surface area contributed by atoms with Crippen LogP contribution >= 0.6 is 11.6 Å². The van der Waals surface area contributed by atoms with Crippen LogP contribution in [-0.2, 0) is 9.53 Å². The minimum absolute atomic E-state index is 0.0186. The van der Waals surface area contributed by atoms with E-state index in [4.69, 9.17) is 21.4 Å². The van der Waals surface area contributed by atoms with Gasteiger partial charge in [-0.05, 0) is 47.4 Å². The van der Waals surface area contributed by atoms with E-state index in [1.54, 1.807) is 6.92 Å². The number of carboxylic acid groups (broad SMARTS) is 1. The summed E-state index contributed by atoms with van der Waals surface area (Å²) in [6.07, 6.45) is -0.628. The fraction of sp³-hybridized carbons (Fsp3) is 0.192. The molecule has 8 heteroatoms. The third kappa shape index (κ3) is 5.05. The van der Waals surface area contributed by atoms with Crippen molar-refractivity contribution in [2.75, 3.05) is 11.9 Å². The smallest absolute Gasteiger partial charge is 0.407 e. The van der Waals surface area contributed by atoms with Gasteiger partial charge in [0.25, 0.3) is 0 Å². The van der Waals surface area contributed by atoms with Crippen molar-refractivity contribution in [3.63, 3.8) is 0 Å². The van der Waals surface area contributed by atoms with Crippen molar-refractivity contribution in [3.05, 3.63) is 88.4 Å². The molecular formula is C26H23ClN2O5. The zero-order chi connectivity index (χ0) is 24.2. The lowest BCUT2D eigenvalue weighted by atomic mass is 9.98. The van der Waals surface area contributed by atoms with E-state index in [1.807, 2.05) is 36.4 Å². The monoisotopic (exact) mass is 478 g/mol. The number of rotatable bonds is 7. The van der Waals surface area contributed by atoms with Gasteiger partial charge < -0.3 is 20.5 Å². The van der Waals surface area contributed by atoms with Gasteiger partial charge in [0, 0.05) is 24.1 Å². The quantitative estimate of drug-likeness (QED) is 0.427. The Morgan fingerprint density at radius 1 is 1.00 bits per heavy atom. The summed E-state index contributed by atoms with van der Waals surface area (Å²) in [6, 6.07) is 19.8. The number of aromatic carboxylic acids is 1. The zero-order valence-electron chi connectivity index (χ0n) is 18.4. The number of ether oxygens (including phenoxy) is 1. The molecule has 174 valence electrons. The molecule has 34 heavy (non-hydrogen) atoms. The number of carbonyl (C=O) groups excluding carboxylic acids is 2. The van der Waals surface area contributed by atoms with Crippen molar-refractivity contribution in [2.45, 2.75) is 25.3 Å². The van der Waals surface area contributed by atoms with Gasteiger partial charge in [-0.2, -0.15) is 0 Å². The lowest BCUT2D eigenvalue weighted by Crippen LogP contribution is -2.36. The van der Waals surface area contributed by atoms with E-state index in [0.717, 1.165) is 22.3 Å². The maximum Gasteiger partial charge on any atom is 0.407 e. The second-order valence-electron chi connectivity index (χ2n) is 8.12. The first kappa shape index (κ1) is 23.3. The van der Waals surface area contributed by atoms with E-state index >= 15 is 0 Å². The van der Waals surface area contributed by atoms with Crippen molar-refractivity contribution in [2.24, 2.45) is 0 Å². The first-order chi connectivity index (χ1) is 16.3. The molecule has 3 aromatic carbocycles. The molecule has 2 amide bonds. The molecule has 0 spiro atoms. The zero-order valence-corrected chi connectivity index (χ0v) is 19.1. The first-order valence-electron chi connectivity index (χ1n) is 10.8. The number of hydrogen-bond donors (Lipinski definition) is 3. The molecule has 3 N–H and O–H groups in total. The molecule has 7 nitrogen and oxygen atoms in total. The molecule has 1 atom stereocenters. The average Bonchev–Trinajstić information content (AvgIpc) is 3.12. The number of amides is 2. The van der Waals surface area contributed by atoms with Gasteiger partial charge in [0.1, 0.15) is 6.61 Å². The summed E-state index contributed by atoms with van der Waals surface area (Å²) in [5.74, 6) is -1.62. The fourth-order valence-electron chi connectivity index (χ4n) is 4.15. The molecule has 1 aliphatic carbocycles. The number of nitrogens with one attached hydrogen (secondary N) is 2. The molecular weight excluding hydrogens is 456 g/mol. The lowest BCUT2D eigenvalue weighted by Gasteiger charge is -2.17. The molecule has 0 radical (unpaired) electrons. The topological polar surface area (TPSA) is 105 Å². The number of halogens is 1. The molecule has 0 bridgehead atoms. The predicted molar refractivity (Wildman–Crippen MR) is 129 cm³/mol. The van der Waals surface area contributed by atoms with Crippen LogP contribution in [0.5, 0.6) is 0 Å². The average molecular weight is 479 g/mol. The van der Waals surface area contributed by atoms with Crippen LogP contribution in [0.3, 0.4) is 0 Å². The van der Waals surface area contributed by atoms with E-state index in [9.17, 15) is 14.4 Å². The molecule has 0 saturated heterocycles. The first-order valence-corrected chi connectivity index (χ1v) is 11.2. The van der Waals surface area contributed by atoms with Crippen LogP contribution < -0.4 is 10.6 Å². The summed E-state index contributed by atoms with van der Waals surface area (Å²) in [4.78, 5) is 35.9. The Labute approximate surface area is 201 Å². The van der Waals surface area contributed by atoms with Gasteiger partial charge in [-0.15, -0.1) is 0 Å². The van der Waals surface area contributed by atoms with Gasteiger partial charge in [-0.1, -0.05) is 60.1 Å². The Hall–Kier alpha value is -3.84. The minimum Gasteiger partial charge on any atom is -0.478 e. The number of carboxylic acids is 1. The predicted octanol–water partition coefficient (Wildman–Crippen LogP) is 5.29. The van der Waals surface area contributed by atoms with Crippen LogP contribution in [0, 0.1) is 0 Å². The Bertz CT molecular complexity index is 1210. The fourth-order valence-corrected chi connectivity index (χ4v) is 4.35. The van der Waals surface area contributed by atoms with Crippen molar-refractivity contribution in [1.82, 2.24) is 5.32 Å². The standard InChI is InChI=1S/C26H23ClN2O5/c1-15(12-24(30)29-16-10-11-23(27)21(13-16)25(31)32)28-26(33)34-14-22-19-8-4-2-6-17(19)18-7-3-5-9-20(18)22/h2-11,13,15,22H,12,14H2,1H3,(H,28,33)(H,29,30)(H,31,32)/t15-/m0/s1. The normalized spacial score (nSPS) is 12.9. The van der Waals surface area contributed by atoms with Gasteiger partial charge in [0.15, 0.2) is 0 Å². The van der Waals surface area contributed by atoms with Crippen LogP contribution in [0.15, 0.2) is 66.7 Å². The molecule has 1 aliphatic rings. The van der Waals surface area contributed by atoms with Crippen molar-refractivity contribution in [1.29, 1.82) is 0 Å². The molecule has 4 rings (SSSR count). The minimum atomic E-state index is -1.19. The van der Waals surface area contributed by atoms with E-state index in [2.05, 4.69) is 22.8 Å². The third-order valence-electron chi connectivity index (χ3n) is 5.68. The molecule has 0 saturated carbocycles. The summed E-state index contributed by atoms with van der Waals surface area (Å²) in [5.41, 5.74) is 4.72. The van der Waals surface area contributed by atoms with Crippen LogP contribution in [0.25, 0.3) is 11.1 Å². The highest BCUT2D eigenvalue weighted by Gasteiger charge is 2.29. The molecule has 0 fully saturated rings. The summed E-state index contributed by atoms with van der Waals surface area (Å²) < 4.78 is 5.50. The van der Waals surface area contributed by atoms with Crippen molar-refractivity contribution < 1.29 is 24.2 Å². The van der Waals surface area contributed by atoms with Crippen LogP contribution in [-0.4, -0.2) is 35.7 Å². The molecule has 0 aromatic heterocycles. The van der Waals surface area contributed by atoms with Crippen LogP contribution in [0.2, 0.25) is 5.02 Å². The van der Waals surface area contributed by atoms with Gasteiger partial charge in [-0.25, -0.2) is 9.59 Å². The van der Waals surface area contributed by atoms with Gasteiger partial charge in [-0.3, -0.25) is 4.79 Å². The van der Waals surface area contributed by atoms with Gasteiger partial charge >= 0.3 is 12.1 Å². The second kappa shape index (κ2) is 9.97. The molecule has 0 unspecified atom stereocenters. The van der Waals surface area contributed by atoms with Crippen molar-refractivity contribution in [3.8, 4) is 11.1 Å². The van der Waals surface area contributed by atoms with Crippen molar-refractivity contribution >= 4 is 35.3 Å². The van der Waals surface area contributed by atoms with E-state index in [1.165, 1.54) is 18.2 Å². The Balaban J connectivity index is 1.30. The summed E-state index contributed by atoms with van der Waals surface area (Å²) in [6.45, 7) is 1.87. The summed E-state index contributed by atoms with van der Waals surface area (Å²) in [5, 5.41) is 14.5. The summed E-state index contributed by atoms with van der Waals surface area (Å²) >= 11 is 5.85. The lowest BCUT2D eigenvalue weighted by molar-refractivity contribution is -0.116. The Morgan fingerprint density at radius 3 is 2.24 bits per heavy atom. The number of carbonyl (C=O) groups is 3. The Morgan fingerprint density at radius 2 is 1.62 bits per heavy atom. The van der Waals surface area contributed by atoms with Crippen LogP contribution in [0.4, 0.5) is 10.5 Å². The maximum atomic E-state index is 12.4. The molecule has 0 heterocycles. The number of fused-ring (bicyclic) bond motifs is 3. The van der Waals surface area contributed by atoms with E-state index in [-0.39, 0.29) is 35.4 Å². The van der Waals surface area contributed by atoms with Crippen LogP contribution in [0.1, 0.15) is 40.7 Å². The van der Waals surface area contributed by atoms with Gasteiger partial charge in [0.2, 0.25) is 5.91 Å². The maximum absolute atomic E-state index is 12.4. The SMILES string of the molecule is C[C@@H](CC(=O)Nc1ccc(Cl)c(C(=O)O)c1)NC(=O)OCC1c2ccccc2-c2ccccc21. The van der Waals surface area contributed by atoms with E-state index in [0.29, 0.717) is 5.69 Å². The number of benzene rings is 3. The highest BCUT2D eigenvalue weighted by Crippen LogP contribution is 2.44. The number of alkyl carbamates (subject to hydrolysis) is 1. The molecule has 3 aromatic rings. The highest BCUT2D eigenvalue weighted by atomic mass is 35.5. The second-order valence-corrected chi connectivity index (χ2v) is 8.53. The number of hydrogen-bond acceptors (Lipinski definition) is 4. The van der Waals surface area contributed by atoms with E-state index < -0.39 is 18.1 Å².